The fourth-order valence-corrected chi connectivity index (χ4v) is 2.63. The van der Waals surface area contributed by atoms with Crippen molar-refractivity contribution in [2.24, 2.45) is 5.92 Å². The van der Waals surface area contributed by atoms with Gasteiger partial charge in [0.15, 0.2) is 0 Å². The molecule has 0 aliphatic heterocycles. The van der Waals surface area contributed by atoms with Gasteiger partial charge in [0, 0.05) is 10.6 Å². The van der Waals surface area contributed by atoms with Crippen LogP contribution >= 0.6 is 11.8 Å². The largest absolute Gasteiger partial charge is 0.394 e. The minimum Gasteiger partial charge on any atom is -0.394 e. The Kier molecular flexibility index (Phi) is 5.05. The van der Waals surface area contributed by atoms with Gasteiger partial charge in [-0.3, -0.25) is 0 Å². The third kappa shape index (κ3) is 4.57. The lowest BCUT2D eigenvalue weighted by molar-refractivity contribution is 0.159. The molecule has 1 aliphatic rings. The van der Waals surface area contributed by atoms with Crippen LogP contribution < -0.4 is 10.6 Å². The molecule has 1 saturated carbocycles. The van der Waals surface area contributed by atoms with E-state index in [-0.39, 0.29) is 6.61 Å². The monoisotopic (exact) mass is 316 g/mol. The van der Waals surface area contributed by atoms with E-state index >= 15 is 0 Å². The second-order valence-corrected chi connectivity index (χ2v) is 6.40. The molecule has 1 aromatic carbocycles. The molecule has 1 fully saturated rings. The van der Waals surface area contributed by atoms with Crippen LogP contribution in [0.25, 0.3) is 0 Å². The molecule has 3 N–H and O–H groups in total. The summed E-state index contributed by atoms with van der Waals surface area (Å²) in [6.45, 7) is 1.70. The lowest BCUT2D eigenvalue weighted by Crippen LogP contribution is -2.52. The van der Waals surface area contributed by atoms with Crippen molar-refractivity contribution in [2.45, 2.75) is 36.0 Å². The van der Waals surface area contributed by atoms with Crippen LogP contribution in [0, 0.1) is 5.92 Å². The molecule has 1 unspecified atom stereocenters. The number of aliphatic hydroxyl groups excluding tert-OH is 1. The van der Waals surface area contributed by atoms with Crippen molar-refractivity contribution in [3.63, 3.8) is 0 Å². The minimum absolute atomic E-state index is 0.116. The van der Waals surface area contributed by atoms with Crippen molar-refractivity contribution < 1.29 is 18.7 Å². The van der Waals surface area contributed by atoms with Crippen molar-refractivity contribution in [1.82, 2.24) is 5.32 Å². The molecule has 2 amide bonds. The van der Waals surface area contributed by atoms with Crippen molar-refractivity contribution in [2.75, 3.05) is 11.9 Å². The summed E-state index contributed by atoms with van der Waals surface area (Å²) < 4.78 is 24.4. The van der Waals surface area contributed by atoms with Crippen LogP contribution in [0.2, 0.25) is 0 Å². The van der Waals surface area contributed by atoms with Crippen LogP contribution in [0.15, 0.2) is 29.2 Å². The Morgan fingerprint density at radius 3 is 2.52 bits per heavy atom. The summed E-state index contributed by atoms with van der Waals surface area (Å²) in [5, 5.41) is 14.8. The zero-order valence-electron chi connectivity index (χ0n) is 11.6. The average Bonchev–Trinajstić information content (AvgIpc) is 3.25. The van der Waals surface area contributed by atoms with Gasteiger partial charge in [0.05, 0.1) is 12.1 Å². The van der Waals surface area contributed by atoms with E-state index in [0.717, 1.165) is 12.8 Å². The molecule has 116 valence electrons. The smallest absolute Gasteiger partial charge is 0.319 e. The SMILES string of the molecule is CC(CO)(NC(=O)Nc1ccc(SC(F)F)cc1)C1CC1. The average molecular weight is 316 g/mol. The molecule has 0 spiro atoms. The fraction of sp³-hybridized carbons (Fsp3) is 0.500. The normalized spacial score (nSPS) is 17.4. The van der Waals surface area contributed by atoms with E-state index in [4.69, 9.17) is 0 Å². The fourth-order valence-electron chi connectivity index (χ4n) is 2.13. The number of carbonyl (C=O) groups is 1. The molecule has 0 radical (unpaired) electrons. The number of carbonyl (C=O) groups excluding carboxylic acids is 1. The Hall–Kier alpha value is -1.34. The van der Waals surface area contributed by atoms with Gasteiger partial charge in [-0.1, -0.05) is 11.8 Å². The number of urea groups is 1. The molecular weight excluding hydrogens is 298 g/mol. The van der Waals surface area contributed by atoms with E-state index in [0.29, 0.717) is 28.3 Å². The van der Waals surface area contributed by atoms with Crippen molar-refractivity contribution in [1.29, 1.82) is 0 Å². The van der Waals surface area contributed by atoms with E-state index in [1.165, 1.54) is 12.1 Å². The first-order valence-electron chi connectivity index (χ1n) is 6.68. The van der Waals surface area contributed by atoms with Crippen LogP contribution in [0.4, 0.5) is 19.3 Å². The molecule has 4 nitrogen and oxygen atoms in total. The molecule has 0 aromatic heterocycles. The van der Waals surface area contributed by atoms with Gasteiger partial charge < -0.3 is 15.7 Å². The van der Waals surface area contributed by atoms with E-state index in [1.54, 1.807) is 12.1 Å². The van der Waals surface area contributed by atoms with Gasteiger partial charge >= 0.3 is 6.03 Å². The highest BCUT2D eigenvalue weighted by Gasteiger charge is 2.42. The highest BCUT2D eigenvalue weighted by molar-refractivity contribution is 7.99. The van der Waals surface area contributed by atoms with Crippen LogP contribution in [0.5, 0.6) is 0 Å². The zero-order chi connectivity index (χ0) is 15.5. The van der Waals surface area contributed by atoms with E-state index in [9.17, 15) is 18.7 Å². The number of alkyl halides is 2. The molecule has 1 aliphatic carbocycles. The number of hydrogen-bond donors (Lipinski definition) is 3. The van der Waals surface area contributed by atoms with Crippen LogP contribution in [0.1, 0.15) is 19.8 Å². The molecule has 0 saturated heterocycles. The molecule has 21 heavy (non-hydrogen) atoms. The Bertz CT molecular complexity index is 494. The van der Waals surface area contributed by atoms with Crippen LogP contribution in [-0.4, -0.2) is 29.0 Å². The molecule has 0 bridgehead atoms. The molecule has 1 atom stereocenters. The number of amides is 2. The quantitative estimate of drug-likeness (QED) is 0.706. The first-order chi connectivity index (χ1) is 9.93. The summed E-state index contributed by atoms with van der Waals surface area (Å²) in [5.74, 6) is -2.16. The van der Waals surface area contributed by atoms with E-state index < -0.39 is 17.3 Å². The number of aliphatic hydroxyl groups is 1. The summed E-state index contributed by atoms with van der Waals surface area (Å²) in [7, 11) is 0. The Morgan fingerprint density at radius 1 is 1.43 bits per heavy atom. The summed E-state index contributed by atoms with van der Waals surface area (Å²) in [4.78, 5) is 12.4. The highest BCUT2D eigenvalue weighted by Crippen LogP contribution is 2.39. The molecule has 1 aromatic rings. The standard InChI is InChI=1S/C14H18F2N2O2S/c1-14(8-19,9-2-3-9)18-13(20)17-10-4-6-11(7-5-10)21-12(15)16/h4-7,9,12,19H,2-3,8H2,1H3,(H2,17,18,20). The maximum absolute atomic E-state index is 12.2. The van der Waals surface area contributed by atoms with E-state index in [1.807, 2.05) is 6.92 Å². The summed E-state index contributed by atoms with van der Waals surface area (Å²) in [6.07, 6.45) is 1.99. The maximum atomic E-state index is 12.2. The van der Waals surface area contributed by atoms with Crippen molar-refractivity contribution in [3.8, 4) is 0 Å². The minimum atomic E-state index is -2.46. The summed E-state index contributed by atoms with van der Waals surface area (Å²) in [5.41, 5.74) is -0.0996. The van der Waals surface area contributed by atoms with Gasteiger partial charge in [-0.15, -0.1) is 0 Å². The molecule has 7 heteroatoms. The number of anilines is 1. The van der Waals surface area contributed by atoms with Gasteiger partial charge in [-0.25, -0.2) is 4.79 Å². The number of hydrogen-bond acceptors (Lipinski definition) is 3. The Labute approximate surface area is 126 Å². The molecule has 0 heterocycles. The van der Waals surface area contributed by atoms with Gasteiger partial charge in [0.1, 0.15) is 0 Å². The number of rotatable bonds is 6. The van der Waals surface area contributed by atoms with Crippen molar-refractivity contribution >= 4 is 23.5 Å². The second-order valence-electron chi connectivity index (χ2n) is 5.33. The third-order valence-electron chi connectivity index (χ3n) is 3.54. The molecule has 2 rings (SSSR count). The van der Waals surface area contributed by atoms with Crippen LogP contribution in [0.3, 0.4) is 0 Å². The number of nitrogens with one attached hydrogen (secondary N) is 2. The number of halogens is 2. The molecular formula is C14H18F2N2O2S. The zero-order valence-corrected chi connectivity index (χ0v) is 12.4. The predicted molar refractivity (Wildman–Crippen MR) is 78.7 cm³/mol. The Morgan fingerprint density at radius 2 is 2.05 bits per heavy atom. The van der Waals surface area contributed by atoms with Crippen molar-refractivity contribution in [3.05, 3.63) is 24.3 Å². The van der Waals surface area contributed by atoms with Gasteiger partial charge in [0.25, 0.3) is 5.76 Å². The summed E-state index contributed by atoms with van der Waals surface area (Å²) >= 11 is 0.457. The van der Waals surface area contributed by atoms with Crippen LogP contribution in [-0.2, 0) is 0 Å². The number of thioether (sulfide) groups is 1. The first-order valence-corrected chi connectivity index (χ1v) is 7.56. The van der Waals surface area contributed by atoms with Gasteiger partial charge in [-0.2, -0.15) is 8.78 Å². The second kappa shape index (κ2) is 6.62. The van der Waals surface area contributed by atoms with E-state index in [2.05, 4.69) is 10.6 Å². The first kappa shape index (κ1) is 16.0. The van der Waals surface area contributed by atoms with Gasteiger partial charge in [-0.05, 0) is 49.9 Å². The third-order valence-corrected chi connectivity index (χ3v) is 4.27. The number of benzene rings is 1. The predicted octanol–water partition coefficient (Wildman–Crippen LogP) is 3.28. The topological polar surface area (TPSA) is 61.4 Å². The maximum Gasteiger partial charge on any atom is 0.319 e. The lowest BCUT2D eigenvalue weighted by Gasteiger charge is -2.28. The highest BCUT2D eigenvalue weighted by atomic mass is 32.2. The van der Waals surface area contributed by atoms with Gasteiger partial charge in [0.2, 0.25) is 0 Å². The lowest BCUT2D eigenvalue weighted by atomic mass is 9.97. The Balaban J connectivity index is 1.90. The summed E-state index contributed by atoms with van der Waals surface area (Å²) in [6, 6.07) is 5.78.